The molecule has 0 atom stereocenters. The standard InChI is InChI=1S/C10H11N3O6/c11-10(16)19-4-3-12-8-5-6(13(17)18)1-2-7(8)9(14)15/h1-2,5,12H,3-4H2,(H2,11,16)(H,14,15). The molecule has 0 saturated heterocycles. The Labute approximate surface area is 107 Å². The number of nitrogens with one attached hydrogen (secondary N) is 1. The van der Waals surface area contributed by atoms with Gasteiger partial charge in [0, 0.05) is 18.7 Å². The third-order valence-electron chi connectivity index (χ3n) is 2.11. The number of amides is 1. The number of carbonyl (C=O) groups excluding carboxylic acids is 1. The number of benzene rings is 1. The van der Waals surface area contributed by atoms with E-state index in [1.54, 1.807) is 0 Å². The van der Waals surface area contributed by atoms with Gasteiger partial charge in [0.15, 0.2) is 0 Å². The van der Waals surface area contributed by atoms with E-state index < -0.39 is 17.0 Å². The Bertz CT molecular complexity index is 516. The predicted octanol–water partition coefficient (Wildman–Crippen LogP) is 0.800. The molecular weight excluding hydrogens is 258 g/mol. The van der Waals surface area contributed by atoms with E-state index in [0.717, 1.165) is 18.2 Å². The van der Waals surface area contributed by atoms with Crippen molar-refractivity contribution in [3.05, 3.63) is 33.9 Å². The number of anilines is 1. The van der Waals surface area contributed by atoms with Gasteiger partial charge >= 0.3 is 12.1 Å². The summed E-state index contributed by atoms with van der Waals surface area (Å²) < 4.78 is 4.44. The highest BCUT2D eigenvalue weighted by Gasteiger charge is 2.15. The smallest absolute Gasteiger partial charge is 0.404 e. The number of non-ortho nitro benzene ring substituents is 1. The van der Waals surface area contributed by atoms with Crippen LogP contribution in [0.4, 0.5) is 16.2 Å². The van der Waals surface area contributed by atoms with Crippen LogP contribution in [-0.4, -0.2) is 35.2 Å². The highest BCUT2D eigenvalue weighted by Crippen LogP contribution is 2.22. The molecule has 1 aromatic rings. The number of hydrogen-bond acceptors (Lipinski definition) is 6. The van der Waals surface area contributed by atoms with Gasteiger partial charge in [0.25, 0.3) is 5.69 Å². The van der Waals surface area contributed by atoms with Crippen molar-refractivity contribution in [3.8, 4) is 0 Å². The summed E-state index contributed by atoms with van der Waals surface area (Å²) in [6, 6.07) is 3.31. The average Bonchev–Trinajstić information content (AvgIpc) is 2.33. The number of nitro groups is 1. The summed E-state index contributed by atoms with van der Waals surface area (Å²) in [5, 5.41) is 22.1. The first-order valence-corrected chi connectivity index (χ1v) is 5.09. The average molecular weight is 269 g/mol. The number of nitrogens with two attached hydrogens (primary N) is 1. The first-order valence-electron chi connectivity index (χ1n) is 5.09. The second kappa shape index (κ2) is 6.19. The molecule has 0 heterocycles. The lowest BCUT2D eigenvalue weighted by atomic mass is 10.1. The minimum absolute atomic E-state index is 0.0646. The number of ether oxygens (including phenoxy) is 1. The third kappa shape index (κ3) is 4.15. The first-order chi connectivity index (χ1) is 8.91. The van der Waals surface area contributed by atoms with Crippen molar-refractivity contribution in [1.82, 2.24) is 0 Å². The van der Waals surface area contributed by atoms with Gasteiger partial charge in [0.2, 0.25) is 0 Å². The lowest BCUT2D eigenvalue weighted by Crippen LogP contribution is -2.19. The quantitative estimate of drug-likeness (QED) is 0.393. The predicted molar refractivity (Wildman–Crippen MR) is 64.1 cm³/mol. The fourth-order valence-electron chi connectivity index (χ4n) is 1.32. The summed E-state index contributed by atoms with van der Waals surface area (Å²) in [7, 11) is 0. The first kappa shape index (κ1) is 14.2. The van der Waals surface area contributed by atoms with Gasteiger partial charge in [-0.3, -0.25) is 10.1 Å². The van der Waals surface area contributed by atoms with Gasteiger partial charge in [-0.2, -0.15) is 0 Å². The number of carbonyl (C=O) groups is 2. The zero-order valence-electron chi connectivity index (χ0n) is 9.66. The summed E-state index contributed by atoms with van der Waals surface area (Å²) in [5.41, 5.74) is 4.44. The molecule has 0 aliphatic carbocycles. The molecular formula is C10H11N3O6. The molecule has 9 nitrogen and oxygen atoms in total. The fraction of sp³-hybridized carbons (Fsp3) is 0.200. The Balaban J connectivity index is 2.82. The zero-order chi connectivity index (χ0) is 14.4. The van der Waals surface area contributed by atoms with Crippen molar-refractivity contribution >= 4 is 23.4 Å². The van der Waals surface area contributed by atoms with Crippen molar-refractivity contribution in [3.63, 3.8) is 0 Å². The van der Waals surface area contributed by atoms with Gasteiger partial charge in [-0.1, -0.05) is 0 Å². The van der Waals surface area contributed by atoms with E-state index in [0.29, 0.717) is 0 Å². The number of nitrogens with zero attached hydrogens (tertiary/aromatic N) is 1. The van der Waals surface area contributed by atoms with Crippen LogP contribution < -0.4 is 11.1 Å². The van der Waals surface area contributed by atoms with Gasteiger partial charge in [-0.05, 0) is 6.07 Å². The summed E-state index contributed by atoms with van der Waals surface area (Å²) in [5.74, 6) is -1.23. The molecule has 19 heavy (non-hydrogen) atoms. The highest BCUT2D eigenvalue weighted by atomic mass is 16.6. The zero-order valence-corrected chi connectivity index (χ0v) is 9.66. The lowest BCUT2D eigenvalue weighted by molar-refractivity contribution is -0.384. The van der Waals surface area contributed by atoms with Crippen LogP contribution in [0.5, 0.6) is 0 Å². The Morgan fingerprint density at radius 1 is 1.47 bits per heavy atom. The molecule has 0 aliphatic rings. The van der Waals surface area contributed by atoms with Gasteiger partial charge in [-0.15, -0.1) is 0 Å². The van der Waals surface area contributed by atoms with E-state index in [1.807, 2.05) is 0 Å². The van der Waals surface area contributed by atoms with Crippen molar-refractivity contribution in [2.24, 2.45) is 5.73 Å². The van der Waals surface area contributed by atoms with E-state index in [9.17, 15) is 19.7 Å². The number of nitro benzene ring substituents is 1. The van der Waals surface area contributed by atoms with Crippen LogP contribution in [0, 0.1) is 10.1 Å². The summed E-state index contributed by atoms with van der Waals surface area (Å²) in [6.07, 6.45) is -0.959. The summed E-state index contributed by atoms with van der Waals surface area (Å²) in [6.45, 7) is -0.0124. The molecule has 1 rings (SSSR count). The van der Waals surface area contributed by atoms with Gasteiger partial charge in [0.1, 0.15) is 6.61 Å². The Morgan fingerprint density at radius 3 is 2.68 bits per heavy atom. The lowest BCUT2D eigenvalue weighted by Gasteiger charge is -2.09. The third-order valence-corrected chi connectivity index (χ3v) is 2.11. The van der Waals surface area contributed by atoms with Crippen LogP contribution in [0.2, 0.25) is 0 Å². The van der Waals surface area contributed by atoms with Crippen LogP contribution in [-0.2, 0) is 4.74 Å². The number of hydrogen-bond donors (Lipinski definition) is 3. The van der Waals surface area contributed by atoms with E-state index in [1.165, 1.54) is 0 Å². The summed E-state index contributed by atoms with van der Waals surface area (Å²) in [4.78, 5) is 31.2. The number of primary amides is 1. The molecule has 0 fully saturated rings. The van der Waals surface area contributed by atoms with Crippen molar-refractivity contribution in [2.75, 3.05) is 18.5 Å². The van der Waals surface area contributed by atoms with E-state index in [-0.39, 0.29) is 30.1 Å². The van der Waals surface area contributed by atoms with Crippen LogP contribution in [0.25, 0.3) is 0 Å². The number of aromatic carboxylic acids is 1. The van der Waals surface area contributed by atoms with Crippen molar-refractivity contribution in [2.45, 2.75) is 0 Å². The molecule has 4 N–H and O–H groups in total. The van der Waals surface area contributed by atoms with Crippen LogP contribution in [0.15, 0.2) is 18.2 Å². The second-order valence-electron chi connectivity index (χ2n) is 3.39. The maximum atomic E-state index is 10.9. The van der Waals surface area contributed by atoms with Gasteiger partial charge in [-0.25, -0.2) is 9.59 Å². The molecule has 1 amide bonds. The maximum Gasteiger partial charge on any atom is 0.404 e. The SMILES string of the molecule is NC(=O)OCCNc1cc([N+](=O)[O-])ccc1C(=O)O. The number of carboxylic acid groups (broad SMARTS) is 1. The number of rotatable bonds is 6. The molecule has 0 aliphatic heterocycles. The Morgan fingerprint density at radius 2 is 2.16 bits per heavy atom. The molecule has 0 bridgehead atoms. The molecule has 102 valence electrons. The molecule has 0 spiro atoms. The van der Waals surface area contributed by atoms with Crippen molar-refractivity contribution < 1.29 is 24.4 Å². The molecule has 0 radical (unpaired) electrons. The van der Waals surface area contributed by atoms with E-state index in [4.69, 9.17) is 10.8 Å². The monoisotopic (exact) mass is 269 g/mol. The van der Waals surface area contributed by atoms with Gasteiger partial charge in [0.05, 0.1) is 16.2 Å². The van der Waals surface area contributed by atoms with E-state index in [2.05, 4.69) is 10.1 Å². The van der Waals surface area contributed by atoms with Crippen molar-refractivity contribution in [1.29, 1.82) is 0 Å². The topological polar surface area (TPSA) is 145 Å². The molecule has 9 heteroatoms. The largest absolute Gasteiger partial charge is 0.478 e. The minimum atomic E-state index is -1.23. The van der Waals surface area contributed by atoms with Gasteiger partial charge < -0.3 is 20.9 Å². The van der Waals surface area contributed by atoms with Crippen LogP contribution >= 0.6 is 0 Å². The Kier molecular flexibility index (Phi) is 4.63. The molecule has 1 aromatic carbocycles. The minimum Gasteiger partial charge on any atom is -0.478 e. The molecule has 0 aromatic heterocycles. The maximum absolute atomic E-state index is 10.9. The Hall–Kier alpha value is -2.84. The normalized spacial score (nSPS) is 9.68. The van der Waals surface area contributed by atoms with E-state index >= 15 is 0 Å². The number of carboxylic acids is 1. The molecule has 0 unspecified atom stereocenters. The van der Waals surface area contributed by atoms with Crippen LogP contribution in [0.3, 0.4) is 0 Å². The highest BCUT2D eigenvalue weighted by molar-refractivity contribution is 5.94. The molecule has 0 saturated carbocycles. The second-order valence-corrected chi connectivity index (χ2v) is 3.39. The summed E-state index contributed by atoms with van der Waals surface area (Å²) >= 11 is 0. The van der Waals surface area contributed by atoms with Crippen LogP contribution in [0.1, 0.15) is 10.4 Å². The fourth-order valence-corrected chi connectivity index (χ4v) is 1.32.